The molecule has 18 heavy (non-hydrogen) atoms. The summed E-state index contributed by atoms with van der Waals surface area (Å²) in [5.74, 6) is -0.768. The summed E-state index contributed by atoms with van der Waals surface area (Å²) in [7, 11) is 0. The van der Waals surface area contributed by atoms with Crippen LogP contribution in [0.25, 0.3) is 0 Å². The Balaban J connectivity index is 2.78. The van der Waals surface area contributed by atoms with Crippen LogP contribution in [0.2, 0.25) is 0 Å². The Morgan fingerprint density at radius 1 is 1.61 bits per heavy atom. The summed E-state index contributed by atoms with van der Waals surface area (Å²) in [5, 5.41) is 0. The Morgan fingerprint density at radius 2 is 2.33 bits per heavy atom. The predicted octanol–water partition coefficient (Wildman–Crippen LogP) is 2.23. The molecule has 0 aliphatic carbocycles. The predicted molar refractivity (Wildman–Crippen MR) is 69.1 cm³/mol. The molecule has 0 aliphatic rings. The van der Waals surface area contributed by atoms with Gasteiger partial charge in [-0.15, -0.1) is 6.58 Å². The van der Waals surface area contributed by atoms with Gasteiger partial charge in [0.1, 0.15) is 6.54 Å². The molecule has 98 valence electrons. The monoisotopic (exact) mass is 315 g/mol. The van der Waals surface area contributed by atoms with Crippen LogP contribution in [0.5, 0.6) is 0 Å². The van der Waals surface area contributed by atoms with E-state index in [0.717, 1.165) is 0 Å². The van der Waals surface area contributed by atoms with E-state index in [2.05, 4.69) is 22.5 Å². The summed E-state index contributed by atoms with van der Waals surface area (Å²) in [6.07, 6.45) is 2.94. The summed E-state index contributed by atoms with van der Waals surface area (Å²) >= 11 is 3.13. The number of hydrogen-bond donors (Lipinski definition) is 0. The summed E-state index contributed by atoms with van der Waals surface area (Å²) in [4.78, 5) is 24.9. The molecule has 0 radical (unpaired) electrons. The van der Waals surface area contributed by atoms with Crippen molar-refractivity contribution >= 4 is 27.8 Å². The molecular formula is C12H14BrNO4. The second-order valence-corrected chi connectivity index (χ2v) is 4.11. The molecule has 0 aromatic carbocycles. The Labute approximate surface area is 114 Å². The van der Waals surface area contributed by atoms with E-state index < -0.39 is 5.97 Å². The fourth-order valence-electron chi connectivity index (χ4n) is 1.35. The Hall–Kier alpha value is -1.56. The molecule has 1 amide bonds. The lowest BCUT2D eigenvalue weighted by atomic mass is 10.3. The molecule has 5 nitrogen and oxygen atoms in total. The van der Waals surface area contributed by atoms with Crippen LogP contribution in [-0.4, -0.2) is 36.5 Å². The third-order valence-corrected chi connectivity index (χ3v) is 2.72. The maximum atomic E-state index is 12.1. The number of ether oxygens (including phenoxy) is 1. The lowest BCUT2D eigenvalue weighted by Crippen LogP contribution is -2.36. The van der Waals surface area contributed by atoms with Crippen LogP contribution in [0.4, 0.5) is 0 Å². The summed E-state index contributed by atoms with van der Waals surface area (Å²) < 4.78 is 10.1. The smallest absolute Gasteiger partial charge is 0.325 e. The zero-order valence-corrected chi connectivity index (χ0v) is 11.6. The molecule has 0 saturated heterocycles. The zero-order valence-electron chi connectivity index (χ0n) is 10.0. The van der Waals surface area contributed by atoms with Crippen molar-refractivity contribution in [3.05, 3.63) is 35.2 Å². The number of carbonyl (C=O) groups is 2. The van der Waals surface area contributed by atoms with Gasteiger partial charge in [0, 0.05) is 6.54 Å². The molecule has 0 aliphatic heterocycles. The van der Waals surface area contributed by atoms with Gasteiger partial charge >= 0.3 is 5.97 Å². The topological polar surface area (TPSA) is 59.8 Å². The fraction of sp³-hybridized carbons (Fsp3) is 0.333. The number of halogens is 1. The van der Waals surface area contributed by atoms with Crippen LogP contribution in [0.15, 0.2) is 34.1 Å². The van der Waals surface area contributed by atoms with Gasteiger partial charge in [0.25, 0.3) is 5.91 Å². The van der Waals surface area contributed by atoms with Crippen molar-refractivity contribution in [2.75, 3.05) is 19.7 Å². The van der Waals surface area contributed by atoms with Gasteiger partial charge in [-0.3, -0.25) is 9.59 Å². The molecule has 1 heterocycles. The molecule has 0 bridgehead atoms. The first-order chi connectivity index (χ1) is 8.60. The van der Waals surface area contributed by atoms with E-state index in [1.165, 1.54) is 17.2 Å². The van der Waals surface area contributed by atoms with Crippen molar-refractivity contribution in [3.63, 3.8) is 0 Å². The van der Waals surface area contributed by atoms with E-state index in [0.29, 0.717) is 10.2 Å². The van der Waals surface area contributed by atoms with Crippen LogP contribution in [0.3, 0.4) is 0 Å². The Bertz CT molecular complexity index is 441. The Kier molecular flexibility index (Phi) is 5.64. The van der Waals surface area contributed by atoms with Gasteiger partial charge in [-0.25, -0.2) is 0 Å². The Morgan fingerprint density at radius 3 is 2.83 bits per heavy atom. The van der Waals surface area contributed by atoms with Crippen molar-refractivity contribution in [1.82, 2.24) is 4.90 Å². The number of furan rings is 1. The molecule has 0 saturated carbocycles. The number of hydrogen-bond acceptors (Lipinski definition) is 4. The molecule has 0 unspecified atom stereocenters. The minimum Gasteiger partial charge on any atom is -0.465 e. The molecule has 0 fully saturated rings. The average molecular weight is 316 g/mol. The van der Waals surface area contributed by atoms with Crippen molar-refractivity contribution in [2.24, 2.45) is 0 Å². The van der Waals surface area contributed by atoms with E-state index >= 15 is 0 Å². The normalized spacial score (nSPS) is 9.89. The van der Waals surface area contributed by atoms with Gasteiger partial charge in [0.2, 0.25) is 0 Å². The number of rotatable bonds is 6. The zero-order chi connectivity index (χ0) is 13.5. The largest absolute Gasteiger partial charge is 0.465 e. The summed E-state index contributed by atoms with van der Waals surface area (Å²) in [5.41, 5.74) is 0.362. The molecule has 1 aromatic heterocycles. The third-order valence-electron chi connectivity index (χ3n) is 2.11. The second-order valence-electron chi connectivity index (χ2n) is 3.39. The first kappa shape index (κ1) is 14.5. The second kappa shape index (κ2) is 7.00. The number of nitrogens with zero attached hydrogens (tertiary/aromatic N) is 1. The van der Waals surface area contributed by atoms with Gasteiger partial charge < -0.3 is 14.1 Å². The maximum Gasteiger partial charge on any atom is 0.325 e. The molecular weight excluding hydrogens is 302 g/mol. The third kappa shape index (κ3) is 3.73. The number of amides is 1. The van der Waals surface area contributed by atoms with Crippen molar-refractivity contribution < 1.29 is 18.7 Å². The van der Waals surface area contributed by atoms with Crippen LogP contribution in [0.1, 0.15) is 17.3 Å². The van der Waals surface area contributed by atoms with Crippen molar-refractivity contribution in [1.29, 1.82) is 0 Å². The minimum atomic E-state index is -0.452. The van der Waals surface area contributed by atoms with E-state index in [1.807, 2.05) is 0 Å². The maximum absolute atomic E-state index is 12.1. The van der Waals surface area contributed by atoms with Gasteiger partial charge in [-0.1, -0.05) is 6.08 Å². The molecule has 0 spiro atoms. The lowest BCUT2D eigenvalue weighted by molar-refractivity contribution is -0.143. The molecule has 1 aromatic rings. The SMILES string of the molecule is C=CCN(CC(=O)OCC)C(=O)c1ccoc1Br. The quantitative estimate of drug-likeness (QED) is 0.596. The summed E-state index contributed by atoms with van der Waals surface area (Å²) in [6, 6.07) is 1.54. The molecule has 0 atom stereocenters. The molecule has 0 N–H and O–H groups in total. The highest BCUT2D eigenvalue weighted by Crippen LogP contribution is 2.19. The van der Waals surface area contributed by atoms with E-state index in [-0.39, 0.29) is 25.6 Å². The van der Waals surface area contributed by atoms with Crippen LogP contribution in [-0.2, 0) is 9.53 Å². The van der Waals surface area contributed by atoms with Crippen LogP contribution < -0.4 is 0 Å². The van der Waals surface area contributed by atoms with E-state index in [4.69, 9.17) is 9.15 Å². The van der Waals surface area contributed by atoms with E-state index in [9.17, 15) is 9.59 Å². The number of esters is 1. The highest BCUT2D eigenvalue weighted by Gasteiger charge is 2.21. The average Bonchev–Trinajstić information content (AvgIpc) is 2.74. The minimum absolute atomic E-state index is 0.115. The van der Waals surface area contributed by atoms with Crippen LogP contribution in [0, 0.1) is 0 Å². The van der Waals surface area contributed by atoms with E-state index in [1.54, 1.807) is 13.0 Å². The highest BCUT2D eigenvalue weighted by atomic mass is 79.9. The van der Waals surface area contributed by atoms with Crippen molar-refractivity contribution in [2.45, 2.75) is 6.92 Å². The highest BCUT2D eigenvalue weighted by molar-refractivity contribution is 9.10. The molecule has 6 heteroatoms. The van der Waals surface area contributed by atoms with Gasteiger partial charge in [0.05, 0.1) is 18.4 Å². The summed E-state index contributed by atoms with van der Waals surface area (Å²) in [6.45, 7) is 5.70. The van der Waals surface area contributed by atoms with Gasteiger partial charge in [-0.2, -0.15) is 0 Å². The standard InChI is InChI=1S/C12H14BrNO4/c1-3-6-14(8-10(15)17-4-2)12(16)9-5-7-18-11(9)13/h3,5,7H,1,4,6,8H2,2H3. The first-order valence-electron chi connectivity index (χ1n) is 5.39. The van der Waals surface area contributed by atoms with Gasteiger partial charge in [0.15, 0.2) is 4.67 Å². The lowest BCUT2D eigenvalue weighted by Gasteiger charge is -2.19. The van der Waals surface area contributed by atoms with Crippen LogP contribution >= 0.6 is 15.9 Å². The van der Waals surface area contributed by atoms with Crippen molar-refractivity contribution in [3.8, 4) is 0 Å². The van der Waals surface area contributed by atoms with Gasteiger partial charge in [-0.05, 0) is 28.9 Å². The first-order valence-corrected chi connectivity index (χ1v) is 6.18. The fourth-order valence-corrected chi connectivity index (χ4v) is 1.76. The molecule has 1 rings (SSSR count). The number of carbonyl (C=O) groups excluding carboxylic acids is 2.